The number of nitrogens with zero attached hydrogens (tertiary/aromatic N) is 3. The lowest BCUT2D eigenvalue weighted by Gasteiger charge is -2.09. The molecule has 0 unspecified atom stereocenters. The van der Waals surface area contributed by atoms with Crippen molar-refractivity contribution < 1.29 is 0 Å². The summed E-state index contributed by atoms with van der Waals surface area (Å²) in [5.41, 5.74) is 8.59. The van der Waals surface area contributed by atoms with E-state index in [0.717, 1.165) is 16.8 Å². The largest absolute Gasteiger partial charge is 0.368 e. The lowest BCUT2D eigenvalue weighted by atomic mass is 10.1. The van der Waals surface area contributed by atoms with Crippen LogP contribution in [0.15, 0.2) is 36.9 Å². The highest BCUT2D eigenvalue weighted by atomic mass is 35.5. The molecule has 0 aliphatic rings. The van der Waals surface area contributed by atoms with Gasteiger partial charge in [0.2, 0.25) is 5.95 Å². The van der Waals surface area contributed by atoms with Gasteiger partial charge in [-0.15, -0.1) is 0 Å². The molecule has 3 aromatic rings. The van der Waals surface area contributed by atoms with E-state index in [-0.39, 0.29) is 5.95 Å². The summed E-state index contributed by atoms with van der Waals surface area (Å²) in [7, 11) is 0. The van der Waals surface area contributed by atoms with E-state index >= 15 is 0 Å². The average molecular weight is 306 g/mol. The van der Waals surface area contributed by atoms with Crippen LogP contribution in [0, 0.1) is 0 Å². The van der Waals surface area contributed by atoms with Gasteiger partial charge < -0.3 is 10.7 Å². The first-order chi connectivity index (χ1) is 9.65. The lowest BCUT2D eigenvalue weighted by molar-refractivity contribution is 1.18. The first-order valence-corrected chi connectivity index (χ1v) is 6.47. The summed E-state index contributed by atoms with van der Waals surface area (Å²) < 4.78 is 0. The van der Waals surface area contributed by atoms with Crippen LogP contribution >= 0.6 is 23.2 Å². The molecule has 7 heteroatoms. The van der Waals surface area contributed by atoms with Gasteiger partial charge in [0.15, 0.2) is 0 Å². The third-order valence-electron chi connectivity index (χ3n) is 2.78. The quantitative estimate of drug-likeness (QED) is 0.760. The van der Waals surface area contributed by atoms with Crippen molar-refractivity contribution in [3.05, 3.63) is 47.0 Å². The van der Waals surface area contributed by atoms with Gasteiger partial charge >= 0.3 is 0 Å². The number of aromatic amines is 1. The molecule has 2 aromatic heterocycles. The van der Waals surface area contributed by atoms with Crippen molar-refractivity contribution in [2.75, 3.05) is 5.73 Å². The Morgan fingerprint density at radius 1 is 1.10 bits per heavy atom. The van der Waals surface area contributed by atoms with Crippen LogP contribution in [0.5, 0.6) is 0 Å². The maximum atomic E-state index is 6.24. The minimum atomic E-state index is 0.175. The number of imidazole rings is 1. The van der Waals surface area contributed by atoms with Crippen LogP contribution in [0.4, 0.5) is 5.95 Å². The number of hydrogen-bond donors (Lipinski definition) is 2. The van der Waals surface area contributed by atoms with Gasteiger partial charge in [-0.2, -0.15) is 0 Å². The zero-order valence-electron chi connectivity index (χ0n) is 10.1. The zero-order valence-corrected chi connectivity index (χ0v) is 11.7. The first-order valence-electron chi connectivity index (χ1n) is 5.72. The van der Waals surface area contributed by atoms with Gasteiger partial charge in [-0.05, 0) is 18.2 Å². The van der Waals surface area contributed by atoms with Gasteiger partial charge in [0, 0.05) is 22.3 Å². The maximum Gasteiger partial charge on any atom is 0.220 e. The number of aromatic nitrogens is 4. The van der Waals surface area contributed by atoms with Gasteiger partial charge in [0.25, 0.3) is 0 Å². The Morgan fingerprint density at radius 3 is 2.65 bits per heavy atom. The number of hydrogen-bond acceptors (Lipinski definition) is 4. The summed E-state index contributed by atoms with van der Waals surface area (Å²) in [6, 6.07) is 5.21. The summed E-state index contributed by atoms with van der Waals surface area (Å²) in [4.78, 5) is 15.3. The smallest absolute Gasteiger partial charge is 0.220 e. The molecule has 0 saturated carbocycles. The van der Waals surface area contributed by atoms with Crippen LogP contribution in [-0.2, 0) is 0 Å². The van der Waals surface area contributed by atoms with Crippen LogP contribution in [0.25, 0.3) is 22.5 Å². The van der Waals surface area contributed by atoms with E-state index in [1.165, 1.54) is 0 Å². The molecule has 3 N–H and O–H groups in total. The van der Waals surface area contributed by atoms with Gasteiger partial charge in [-0.25, -0.2) is 15.0 Å². The molecule has 0 saturated heterocycles. The van der Waals surface area contributed by atoms with Gasteiger partial charge in [0.05, 0.1) is 28.9 Å². The Kier molecular flexibility index (Phi) is 3.30. The van der Waals surface area contributed by atoms with Crippen molar-refractivity contribution in [1.82, 2.24) is 19.9 Å². The number of H-pyrrole nitrogens is 1. The molecule has 0 fully saturated rings. The number of nitrogens with two attached hydrogens (primary N) is 1. The van der Waals surface area contributed by atoms with Crippen molar-refractivity contribution in [3.8, 4) is 22.5 Å². The molecular formula is C13H9Cl2N5. The average Bonchev–Trinajstić information content (AvgIpc) is 2.92. The summed E-state index contributed by atoms with van der Waals surface area (Å²) in [5, 5.41) is 1.06. The van der Waals surface area contributed by atoms with Gasteiger partial charge in [-0.1, -0.05) is 23.2 Å². The van der Waals surface area contributed by atoms with Crippen molar-refractivity contribution in [2.45, 2.75) is 0 Å². The molecule has 20 heavy (non-hydrogen) atoms. The molecule has 1 aromatic carbocycles. The lowest BCUT2D eigenvalue weighted by Crippen LogP contribution is -1.99. The predicted molar refractivity (Wildman–Crippen MR) is 79.5 cm³/mol. The minimum absolute atomic E-state index is 0.175. The molecule has 0 radical (unpaired) electrons. The number of halogens is 2. The highest BCUT2D eigenvalue weighted by Crippen LogP contribution is 2.34. The third-order valence-corrected chi connectivity index (χ3v) is 3.33. The van der Waals surface area contributed by atoms with E-state index in [9.17, 15) is 0 Å². The maximum absolute atomic E-state index is 6.24. The van der Waals surface area contributed by atoms with Crippen LogP contribution in [0.1, 0.15) is 0 Å². The van der Waals surface area contributed by atoms with E-state index in [2.05, 4.69) is 19.9 Å². The normalized spacial score (nSPS) is 10.7. The molecule has 0 spiro atoms. The van der Waals surface area contributed by atoms with Crippen LogP contribution in [0.3, 0.4) is 0 Å². The second-order valence-electron chi connectivity index (χ2n) is 4.08. The molecule has 0 amide bonds. The fourth-order valence-electron chi connectivity index (χ4n) is 1.88. The van der Waals surface area contributed by atoms with E-state index in [0.29, 0.717) is 15.7 Å². The highest BCUT2D eigenvalue weighted by molar-refractivity contribution is 6.36. The van der Waals surface area contributed by atoms with Crippen molar-refractivity contribution in [3.63, 3.8) is 0 Å². The monoisotopic (exact) mass is 305 g/mol. The second-order valence-corrected chi connectivity index (χ2v) is 4.92. The number of nitrogens with one attached hydrogen (secondary N) is 1. The fraction of sp³-hybridized carbons (Fsp3) is 0. The van der Waals surface area contributed by atoms with Crippen LogP contribution in [0.2, 0.25) is 10.0 Å². The Balaban J connectivity index is 2.24. The molecule has 5 nitrogen and oxygen atoms in total. The van der Waals surface area contributed by atoms with Crippen LogP contribution in [-0.4, -0.2) is 19.9 Å². The van der Waals surface area contributed by atoms with Gasteiger partial charge in [-0.3, -0.25) is 0 Å². The topological polar surface area (TPSA) is 80.5 Å². The minimum Gasteiger partial charge on any atom is -0.368 e. The zero-order chi connectivity index (χ0) is 14.1. The van der Waals surface area contributed by atoms with Crippen molar-refractivity contribution in [2.24, 2.45) is 0 Å². The van der Waals surface area contributed by atoms with E-state index in [1.807, 2.05) is 0 Å². The predicted octanol–water partition coefficient (Wildman–Crippen LogP) is 3.42. The molecule has 0 aliphatic carbocycles. The molecule has 2 heterocycles. The standard InChI is InChI=1S/C13H9Cl2N5/c14-7-1-2-8(10(15)3-7)12-9(4-18-13(16)20-12)11-5-17-6-19-11/h1-6H,(H,17,19)(H2,16,18,20). The molecule has 100 valence electrons. The van der Waals surface area contributed by atoms with Gasteiger partial charge in [0.1, 0.15) is 0 Å². The SMILES string of the molecule is Nc1ncc(-c2cnc[nH]2)c(-c2ccc(Cl)cc2Cl)n1. The van der Waals surface area contributed by atoms with E-state index in [4.69, 9.17) is 28.9 Å². The van der Waals surface area contributed by atoms with E-state index in [1.54, 1.807) is 36.9 Å². The second kappa shape index (κ2) is 5.11. The fourth-order valence-corrected chi connectivity index (χ4v) is 2.38. The third kappa shape index (κ3) is 2.33. The summed E-state index contributed by atoms with van der Waals surface area (Å²) in [6.45, 7) is 0. The highest BCUT2D eigenvalue weighted by Gasteiger charge is 2.14. The Bertz CT molecular complexity index is 755. The summed E-state index contributed by atoms with van der Waals surface area (Å²) in [5.74, 6) is 0.175. The Labute approximate surface area is 124 Å². The van der Waals surface area contributed by atoms with Crippen molar-refractivity contribution >= 4 is 29.2 Å². The van der Waals surface area contributed by atoms with Crippen molar-refractivity contribution in [1.29, 1.82) is 0 Å². The van der Waals surface area contributed by atoms with Crippen LogP contribution < -0.4 is 5.73 Å². The summed E-state index contributed by atoms with van der Waals surface area (Å²) in [6.07, 6.45) is 4.90. The Morgan fingerprint density at radius 2 is 1.95 bits per heavy atom. The molecule has 0 atom stereocenters. The molecule has 0 aliphatic heterocycles. The number of benzene rings is 1. The molecule has 3 rings (SSSR count). The molecule has 0 bridgehead atoms. The van der Waals surface area contributed by atoms with E-state index < -0.39 is 0 Å². The summed E-state index contributed by atoms with van der Waals surface area (Å²) >= 11 is 12.2. The Hall–Kier alpha value is -2.11. The molecular weight excluding hydrogens is 297 g/mol. The first kappa shape index (κ1) is 12.9. The number of anilines is 1. The number of rotatable bonds is 2. The number of nitrogen functional groups attached to an aromatic ring is 1.